The molecule has 9 heteroatoms. The second-order valence-corrected chi connectivity index (χ2v) is 7.86. The lowest BCUT2D eigenvalue weighted by molar-refractivity contribution is -0.139. The van der Waals surface area contributed by atoms with Crippen molar-refractivity contribution in [3.63, 3.8) is 0 Å². The average Bonchev–Trinajstić information content (AvgIpc) is 2.55. The number of alkyl halides is 5. The molecule has 0 saturated heterocycles. The lowest BCUT2D eigenvalue weighted by Gasteiger charge is -2.19. The summed E-state index contributed by atoms with van der Waals surface area (Å²) in [7, 11) is 0. The van der Waals surface area contributed by atoms with Gasteiger partial charge in [0.15, 0.2) is 0 Å². The van der Waals surface area contributed by atoms with Gasteiger partial charge in [0.25, 0.3) is 5.92 Å². The first kappa shape index (κ1) is 23.1. The van der Waals surface area contributed by atoms with Gasteiger partial charge in [-0.3, -0.25) is 0 Å². The van der Waals surface area contributed by atoms with Crippen molar-refractivity contribution in [2.75, 3.05) is 0 Å². The molecule has 1 unspecified atom stereocenters. The van der Waals surface area contributed by atoms with Crippen LogP contribution in [0.4, 0.5) is 26.3 Å². The zero-order valence-corrected chi connectivity index (χ0v) is 17.5. The summed E-state index contributed by atoms with van der Waals surface area (Å²) in [5, 5.41) is -0.150. The van der Waals surface area contributed by atoms with E-state index in [-0.39, 0.29) is 31.2 Å². The minimum absolute atomic E-state index is 0.0752. The molecule has 0 heterocycles. The van der Waals surface area contributed by atoms with Crippen LogP contribution in [0.2, 0.25) is 10.0 Å². The first-order valence-corrected chi connectivity index (χ1v) is 9.34. The Morgan fingerprint density at radius 3 is 2.04 bits per heavy atom. The molecular formula is C19H13BrCl2F6. The first-order chi connectivity index (χ1) is 12.7. The van der Waals surface area contributed by atoms with E-state index in [1.54, 1.807) is 0 Å². The van der Waals surface area contributed by atoms with Gasteiger partial charge < -0.3 is 0 Å². The molecule has 0 aromatic heterocycles. The number of halogens is 9. The topological polar surface area (TPSA) is 0 Å². The molecule has 0 N–H and O–H groups in total. The Morgan fingerprint density at radius 2 is 1.57 bits per heavy atom. The second-order valence-electron chi connectivity index (χ2n) is 6.25. The van der Waals surface area contributed by atoms with E-state index in [2.05, 4.69) is 15.9 Å². The Hall–Kier alpha value is -1.18. The molecule has 0 radical (unpaired) electrons. The summed E-state index contributed by atoms with van der Waals surface area (Å²) in [6.45, 7) is 2.04. The van der Waals surface area contributed by atoms with E-state index >= 15 is 0 Å². The highest BCUT2D eigenvalue weighted by atomic mass is 79.9. The van der Waals surface area contributed by atoms with Crippen LogP contribution in [0.1, 0.15) is 35.1 Å². The highest BCUT2D eigenvalue weighted by Gasteiger charge is 2.40. The number of hydrogen-bond donors (Lipinski definition) is 0. The molecule has 0 fully saturated rings. The molecule has 2 aromatic carbocycles. The molecule has 1 atom stereocenters. The lowest BCUT2D eigenvalue weighted by atomic mass is 9.95. The van der Waals surface area contributed by atoms with E-state index in [4.69, 9.17) is 23.2 Å². The van der Waals surface area contributed by atoms with Crippen molar-refractivity contribution in [1.82, 2.24) is 0 Å². The predicted molar refractivity (Wildman–Crippen MR) is 103 cm³/mol. The van der Waals surface area contributed by atoms with Gasteiger partial charge in [-0.1, -0.05) is 35.3 Å². The Bertz CT molecular complexity index is 893. The molecule has 2 rings (SSSR count). The zero-order chi connectivity index (χ0) is 21.4. The summed E-state index contributed by atoms with van der Waals surface area (Å²) in [4.78, 5) is 0. The number of benzene rings is 2. The summed E-state index contributed by atoms with van der Waals surface area (Å²) < 4.78 is 82.8. The fourth-order valence-corrected chi connectivity index (χ4v) is 3.35. The third kappa shape index (κ3) is 5.24. The number of rotatable bonds is 4. The average molecular weight is 506 g/mol. The monoisotopic (exact) mass is 504 g/mol. The largest absolute Gasteiger partial charge is 0.399 e. The molecule has 0 aliphatic carbocycles. The van der Waals surface area contributed by atoms with E-state index in [0.717, 1.165) is 24.3 Å². The van der Waals surface area contributed by atoms with Gasteiger partial charge >= 0.3 is 6.18 Å². The smallest absolute Gasteiger partial charge is 0.207 e. The molecule has 0 amide bonds. The predicted octanol–water partition coefficient (Wildman–Crippen LogP) is 8.83. The first-order valence-electron chi connectivity index (χ1n) is 7.79. The summed E-state index contributed by atoms with van der Waals surface area (Å²) in [6, 6.07) is 5.24. The highest BCUT2D eigenvalue weighted by molar-refractivity contribution is 9.10. The fraction of sp³-hybridized carbons (Fsp3) is 0.263. The van der Waals surface area contributed by atoms with Crippen LogP contribution < -0.4 is 0 Å². The Kier molecular flexibility index (Phi) is 6.83. The number of allylic oxidation sites excluding steroid dienone is 1. The van der Waals surface area contributed by atoms with Crippen LogP contribution in [0, 0.1) is 6.92 Å². The van der Waals surface area contributed by atoms with E-state index in [0.29, 0.717) is 13.0 Å². The second kappa shape index (κ2) is 8.28. The van der Waals surface area contributed by atoms with E-state index in [9.17, 15) is 26.3 Å². The Morgan fingerprint density at radius 1 is 1.04 bits per heavy atom. The van der Waals surface area contributed by atoms with E-state index in [1.165, 1.54) is 13.0 Å². The maximum Gasteiger partial charge on any atom is 0.399 e. The van der Waals surface area contributed by atoms with E-state index in [1.807, 2.05) is 0 Å². The molecule has 152 valence electrons. The molecule has 0 spiro atoms. The van der Waals surface area contributed by atoms with Gasteiger partial charge in [-0.05, 0) is 58.3 Å². The lowest BCUT2D eigenvalue weighted by Crippen LogP contribution is -2.19. The van der Waals surface area contributed by atoms with Crippen LogP contribution in [0.15, 0.2) is 40.9 Å². The number of aryl methyl sites for hydroxylation is 1. The summed E-state index contributed by atoms with van der Waals surface area (Å²) in [6.07, 6.45) is -4.54. The van der Waals surface area contributed by atoms with Gasteiger partial charge in [0.05, 0.1) is 14.5 Å². The summed E-state index contributed by atoms with van der Waals surface area (Å²) >= 11 is 14.7. The van der Waals surface area contributed by atoms with Crippen molar-refractivity contribution < 1.29 is 26.3 Å². The standard InChI is InChI=1S/C19H13BrCl2F6/c1-9-3-4-10(5-12(9)18(2,24)25)16(23)8-13(19(26,27)28)11-6-14(21)17(20)15(22)7-11/h3-8,13H,1-2H3/b16-8-. The molecule has 0 nitrogen and oxygen atoms in total. The van der Waals surface area contributed by atoms with Crippen molar-refractivity contribution in [3.05, 3.63) is 73.2 Å². The van der Waals surface area contributed by atoms with Crippen molar-refractivity contribution >= 4 is 45.0 Å². The van der Waals surface area contributed by atoms with Gasteiger partial charge in [-0.2, -0.15) is 13.2 Å². The van der Waals surface area contributed by atoms with Crippen LogP contribution in [0.5, 0.6) is 0 Å². The molecule has 0 aliphatic rings. The van der Waals surface area contributed by atoms with Crippen LogP contribution in [0.3, 0.4) is 0 Å². The minimum atomic E-state index is -4.86. The van der Waals surface area contributed by atoms with Crippen LogP contribution in [-0.4, -0.2) is 6.18 Å². The van der Waals surface area contributed by atoms with Crippen molar-refractivity contribution in [2.24, 2.45) is 0 Å². The maximum atomic E-state index is 14.6. The Labute approximate surface area is 176 Å². The molecule has 0 aliphatic heterocycles. The maximum absolute atomic E-state index is 14.6. The van der Waals surface area contributed by atoms with Crippen molar-refractivity contribution in [2.45, 2.75) is 31.9 Å². The molecule has 28 heavy (non-hydrogen) atoms. The summed E-state index contributed by atoms with van der Waals surface area (Å²) in [5.41, 5.74) is -1.03. The van der Waals surface area contributed by atoms with Gasteiger partial charge in [0, 0.05) is 18.1 Å². The van der Waals surface area contributed by atoms with Gasteiger partial charge in [-0.25, -0.2) is 13.2 Å². The molecule has 0 bridgehead atoms. The van der Waals surface area contributed by atoms with Crippen molar-refractivity contribution in [3.8, 4) is 0 Å². The molecular weight excluding hydrogens is 493 g/mol. The Balaban J connectivity index is 2.57. The number of hydrogen-bond acceptors (Lipinski definition) is 0. The zero-order valence-electron chi connectivity index (χ0n) is 14.4. The van der Waals surface area contributed by atoms with Crippen LogP contribution >= 0.6 is 39.1 Å². The third-order valence-corrected chi connectivity index (χ3v) is 5.92. The highest BCUT2D eigenvalue weighted by Crippen LogP contribution is 2.42. The van der Waals surface area contributed by atoms with Gasteiger partial charge in [0.1, 0.15) is 11.7 Å². The molecule has 2 aromatic rings. The van der Waals surface area contributed by atoms with Gasteiger partial charge in [-0.15, -0.1) is 0 Å². The SMILES string of the molecule is Cc1ccc(/C(F)=C/C(c2cc(Cl)c(Br)c(Cl)c2)C(F)(F)F)cc1C(C)(F)F. The van der Waals surface area contributed by atoms with Crippen LogP contribution in [0.25, 0.3) is 5.83 Å². The summed E-state index contributed by atoms with van der Waals surface area (Å²) in [5.74, 6) is -6.93. The van der Waals surface area contributed by atoms with E-state index < -0.39 is 29.4 Å². The molecule has 0 saturated carbocycles. The normalized spacial score (nSPS) is 14.3. The minimum Gasteiger partial charge on any atom is -0.207 e. The van der Waals surface area contributed by atoms with Crippen molar-refractivity contribution in [1.29, 1.82) is 0 Å². The fourth-order valence-electron chi connectivity index (χ4n) is 2.62. The van der Waals surface area contributed by atoms with Crippen LogP contribution in [-0.2, 0) is 5.92 Å². The quantitative estimate of drug-likeness (QED) is 0.287. The third-order valence-electron chi connectivity index (χ3n) is 4.02. The van der Waals surface area contributed by atoms with Gasteiger partial charge in [0.2, 0.25) is 0 Å².